The summed E-state index contributed by atoms with van der Waals surface area (Å²) in [5, 5.41) is 3.17. The van der Waals surface area contributed by atoms with E-state index in [2.05, 4.69) is 5.32 Å². The topological polar surface area (TPSA) is 38.0 Å². The Morgan fingerprint density at radius 3 is 3.17 bits per heavy atom. The van der Waals surface area contributed by atoms with Gasteiger partial charge in [-0.05, 0) is 30.2 Å². The van der Waals surface area contributed by atoms with E-state index in [9.17, 15) is 4.39 Å². The van der Waals surface area contributed by atoms with E-state index in [0.29, 0.717) is 0 Å². The molecule has 1 aromatic rings. The lowest BCUT2D eigenvalue weighted by Crippen LogP contribution is -2.22. The number of hydrogen-bond acceptors (Lipinski definition) is 2. The van der Waals surface area contributed by atoms with Crippen molar-refractivity contribution in [2.75, 3.05) is 11.9 Å². The molecule has 0 amide bonds. The van der Waals surface area contributed by atoms with E-state index >= 15 is 0 Å². The van der Waals surface area contributed by atoms with E-state index in [0.717, 1.165) is 24.2 Å². The minimum absolute atomic E-state index is 0.0167. The molecule has 0 bridgehead atoms. The second-order valence-electron chi connectivity index (χ2n) is 3.05. The maximum atomic E-state index is 12.8. The molecule has 2 rings (SSSR count). The number of nitrogens with two attached hydrogens (primary N) is 1. The standard InChI is InChI=1S/C9H11FN2/c10-6-1-2-9-7(5-6)8(11)3-4-12-9/h1-2,5,8,12H,3-4,11H2. The fourth-order valence-corrected chi connectivity index (χ4v) is 1.52. The van der Waals surface area contributed by atoms with Gasteiger partial charge < -0.3 is 11.1 Å². The van der Waals surface area contributed by atoms with Crippen LogP contribution in [-0.2, 0) is 0 Å². The highest BCUT2D eigenvalue weighted by molar-refractivity contribution is 5.54. The van der Waals surface area contributed by atoms with Crippen LogP contribution in [0.1, 0.15) is 18.0 Å². The average molecular weight is 166 g/mol. The van der Waals surface area contributed by atoms with Crippen molar-refractivity contribution in [2.24, 2.45) is 5.73 Å². The number of rotatable bonds is 0. The van der Waals surface area contributed by atoms with Crippen LogP contribution in [0.3, 0.4) is 0 Å². The summed E-state index contributed by atoms with van der Waals surface area (Å²) in [6, 6.07) is 4.68. The fraction of sp³-hybridized carbons (Fsp3) is 0.333. The van der Waals surface area contributed by atoms with Crippen molar-refractivity contribution >= 4 is 5.69 Å². The van der Waals surface area contributed by atoms with Crippen molar-refractivity contribution in [3.63, 3.8) is 0 Å². The summed E-state index contributed by atoms with van der Waals surface area (Å²) in [6.45, 7) is 0.875. The Bertz CT molecular complexity index is 299. The highest BCUT2D eigenvalue weighted by Crippen LogP contribution is 2.28. The highest BCUT2D eigenvalue weighted by Gasteiger charge is 2.16. The van der Waals surface area contributed by atoms with Crippen LogP contribution in [0.25, 0.3) is 0 Å². The first-order valence-corrected chi connectivity index (χ1v) is 4.06. The molecule has 0 saturated carbocycles. The van der Waals surface area contributed by atoms with Gasteiger partial charge in [-0.3, -0.25) is 0 Å². The molecule has 0 spiro atoms. The number of hydrogen-bond donors (Lipinski definition) is 2. The SMILES string of the molecule is NC1CCNc2ccc(F)cc21. The van der Waals surface area contributed by atoms with Gasteiger partial charge in [-0.1, -0.05) is 0 Å². The number of anilines is 1. The Balaban J connectivity index is 2.47. The van der Waals surface area contributed by atoms with Crippen molar-refractivity contribution < 1.29 is 4.39 Å². The Labute approximate surface area is 70.6 Å². The Morgan fingerprint density at radius 2 is 2.33 bits per heavy atom. The van der Waals surface area contributed by atoms with Gasteiger partial charge in [0.15, 0.2) is 0 Å². The third kappa shape index (κ3) is 1.16. The summed E-state index contributed by atoms with van der Waals surface area (Å²) >= 11 is 0. The first-order chi connectivity index (χ1) is 5.77. The Morgan fingerprint density at radius 1 is 1.50 bits per heavy atom. The molecule has 1 aromatic carbocycles. The fourth-order valence-electron chi connectivity index (χ4n) is 1.52. The molecule has 64 valence electrons. The minimum atomic E-state index is -0.215. The normalized spacial score (nSPS) is 21.3. The van der Waals surface area contributed by atoms with Crippen molar-refractivity contribution in [1.82, 2.24) is 0 Å². The van der Waals surface area contributed by atoms with Gasteiger partial charge in [-0.25, -0.2) is 4.39 Å². The number of fused-ring (bicyclic) bond motifs is 1. The lowest BCUT2D eigenvalue weighted by molar-refractivity contribution is 0.608. The molecule has 0 saturated heterocycles. The summed E-state index contributed by atoms with van der Waals surface area (Å²) in [6.07, 6.45) is 0.871. The molecule has 1 heterocycles. The second-order valence-corrected chi connectivity index (χ2v) is 3.05. The molecule has 2 nitrogen and oxygen atoms in total. The van der Waals surface area contributed by atoms with E-state index in [1.54, 1.807) is 6.07 Å². The predicted molar refractivity (Wildman–Crippen MR) is 46.4 cm³/mol. The van der Waals surface area contributed by atoms with Crippen LogP contribution in [0.5, 0.6) is 0 Å². The number of halogens is 1. The van der Waals surface area contributed by atoms with Crippen LogP contribution in [-0.4, -0.2) is 6.54 Å². The van der Waals surface area contributed by atoms with Crippen molar-refractivity contribution in [2.45, 2.75) is 12.5 Å². The Kier molecular flexibility index (Phi) is 1.73. The molecule has 0 radical (unpaired) electrons. The zero-order valence-corrected chi connectivity index (χ0v) is 6.68. The molecule has 1 aliphatic rings. The molecule has 1 unspecified atom stereocenters. The van der Waals surface area contributed by atoms with Gasteiger partial charge >= 0.3 is 0 Å². The summed E-state index contributed by atoms with van der Waals surface area (Å²) in [5.74, 6) is -0.215. The van der Waals surface area contributed by atoms with Crippen LogP contribution in [0, 0.1) is 5.82 Å². The molecule has 12 heavy (non-hydrogen) atoms. The first-order valence-electron chi connectivity index (χ1n) is 4.06. The van der Waals surface area contributed by atoms with Crippen molar-refractivity contribution in [1.29, 1.82) is 0 Å². The van der Waals surface area contributed by atoms with Crippen LogP contribution in [0.2, 0.25) is 0 Å². The molecule has 0 fully saturated rings. The Hall–Kier alpha value is -1.09. The highest BCUT2D eigenvalue weighted by atomic mass is 19.1. The molecular weight excluding hydrogens is 155 g/mol. The van der Waals surface area contributed by atoms with E-state index in [-0.39, 0.29) is 11.9 Å². The smallest absolute Gasteiger partial charge is 0.123 e. The summed E-state index contributed by atoms with van der Waals surface area (Å²) in [5.41, 5.74) is 7.67. The quantitative estimate of drug-likeness (QED) is 0.615. The van der Waals surface area contributed by atoms with Gasteiger partial charge in [0.1, 0.15) is 5.82 Å². The molecule has 0 aliphatic carbocycles. The third-order valence-corrected chi connectivity index (χ3v) is 2.18. The first kappa shape index (κ1) is 7.55. The molecule has 3 heteroatoms. The average Bonchev–Trinajstić information content (AvgIpc) is 2.07. The molecular formula is C9H11FN2. The van der Waals surface area contributed by atoms with Gasteiger partial charge in [0, 0.05) is 18.3 Å². The van der Waals surface area contributed by atoms with Crippen molar-refractivity contribution in [3.8, 4) is 0 Å². The maximum Gasteiger partial charge on any atom is 0.123 e. The lowest BCUT2D eigenvalue weighted by Gasteiger charge is -2.23. The monoisotopic (exact) mass is 166 g/mol. The maximum absolute atomic E-state index is 12.8. The van der Waals surface area contributed by atoms with Gasteiger partial charge in [0.25, 0.3) is 0 Å². The van der Waals surface area contributed by atoms with Crippen LogP contribution in [0.4, 0.5) is 10.1 Å². The zero-order valence-electron chi connectivity index (χ0n) is 6.68. The van der Waals surface area contributed by atoms with E-state index in [1.807, 2.05) is 0 Å². The van der Waals surface area contributed by atoms with E-state index < -0.39 is 0 Å². The van der Waals surface area contributed by atoms with Crippen molar-refractivity contribution in [3.05, 3.63) is 29.6 Å². The second kappa shape index (κ2) is 2.75. The molecule has 3 N–H and O–H groups in total. The zero-order chi connectivity index (χ0) is 8.55. The summed E-state index contributed by atoms with van der Waals surface area (Å²) in [7, 11) is 0. The summed E-state index contributed by atoms with van der Waals surface area (Å²) in [4.78, 5) is 0. The number of nitrogens with one attached hydrogen (secondary N) is 1. The number of benzene rings is 1. The van der Waals surface area contributed by atoms with Crippen LogP contribution >= 0.6 is 0 Å². The molecule has 1 aliphatic heterocycles. The van der Waals surface area contributed by atoms with Gasteiger partial charge in [-0.2, -0.15) is 0 Å². The largest absolute Gasteiger partial charge is 0.385 e. The van der Waals surface area contributed by atoms with Gasteiger partial charge in [-0.15, -0.1) is 0 Å². The predicted octanol–water partition coefficient (Wildman–Crippen LogP) is 1.64. The third-order valence-electron chi connectivity index (χ3n) is 2.18. The van der Waals surface area contributed by atoms with Crippen LogP contribution in [0.15, 0.2) is 18.2 Å². The molecule has 1 atom stereocenters. The lowest BCUT2D eigenvalue weighted by atomic mass is 9.99. The minimum Gasteiger partial charge on any atom is -0.385 e. The van der Waals surface area contributed by atoms with E-state index in [4.69, 9.17) is 5.73 Å². The molecule has 0 aromatic heterocycles. The van der Waals surface area contributed by atoms with Gasteiger partial charge in [0.2, 0.25) is 0 Å². The van der Waals surface area contributed by atoms with Crippen LogP contribution < -0.4 is 11.1 Å². The van der Waals surface area contributed by atoms with Gasteiger partial charge in [0.05, 0.1) is 0 Å². The summed E-state index contributed by atoms with van der Waals surface area (Å²) < 4.78 is 12.8. The van der Waals surface area contributed by atoms with E-state index in [1.165, 1.54) is 12.1 Å².